The SMILES string of the molecule is CC1(C)COCCN1Cc1c(CN)sc2cccc(F)c12. The van der Waals surface area contributed by atoms with Gasteiger partial charge in [-0.05, 0) is 31.5 Å². The van der Waals surface area contributed by atoms with Crippen LogP contribution in [0.2, 0.25) is 0 Å². The number of nitrogens with two attached hydrogens (primary N) is 1. The third-order valence-corrected chi connectivity index (χ3v) is 5.42. The molecule has 0 unspecified atom stereocenters. The second-order valence-electron chi connectivity index (χ2n) is 6.11. The lowest BCUT2D eigenvalue weighted by Gasteiger charge is -2.42. The van der Waals surface area contributed by atoms with Gasteiger partial charge in [0.2, 0.25) is 0 Å². The molecular formula is C16H21FN2OS. The number of halogens is 1. The van der Waals surface area contributed by atoms with Crippen molar-refractivity contribution in [3.05, 3.63) is 34.5 Å². The number of thiophene rings is 1. The molecule has 2 aromatic rings. The number of rotatable bonds is 3. The maximum atomic E-state index is 14.3. The minimum atomic E-state index is -0.149. The van der Waals surface area contributed by atoms with Crippen LogP contribution in [0, 0.1) is 5.82 Å². The molecule has 0 amide bonds. The molecule has 1 aromatic carbocycles. The van der Waals surface area contributed by atoms with Gasteiger partial charge in [-0.15, -0.1) is 11.3 Å². The Kier molecular flexibility index (Phi) is 4.01. The molecule has 0 saturated carbocycles. The molecule has 3 nitrogen and oxygen atoms in total. The van der Waals surface area contributed by atoms with Gasteiger partial charge < -0.3 is 10.5 Å². The summed E-state index contributed by atoms with van der Waals surface area (Å²) in [6, 6.07) is 5.26. The Bertz CT molecular complexity index is 653. The maximum Gasteiger partial charge on any atom is 0.132 e. The van der Waals surface area contributed by atoms with E-state index in [2.05, 4.69) is 18.7 Å². The average Bonchev–Trinajstić information content (AvgIpc) is 2.80. The van der Waals surface area contributed by atoms with E-state index in [9.17, 15) is 4.39 Å². The number of morpholine rings is 1. The first-order valence-electron chi connectivity index (χ1n) is 7.24. The molecule has 21 heavy (non-hydrogen) atoms. The first kappa shape index (κ1) is 14.9. The predicted octanol–water partition coefficient (Wildman–Crippen LogP) is 3.11. The summed E-state index contributed by atoms with van der Waals surface area (Å²) < 4.78 is 20.8. The van der Waals surface area contributed by atoms with E-state index in [0.29, 0.717) is 13.2 Å². The number of ether oxygens (including phenoxy) is 1. The average molecular weight is 308 g/mol. The highest BCUT2D eigenvalue weighted by Crippen LogP contribution is 2.35. The molecule has 114 valence electrons. The molecule has 5 heteroatoms. The van der Waals surface area contributed by atoms with E-state index in [1.54, 1.807) is 17.4 Å². The van der Waals surface area contributed by atoms with E-state index >= 15 is 0 Å². The van der Waals surface area contributed by atoms with Crippen molar-refractivity contribution >= 4 is 21.4 Å². The van der Waals surface area contributed by atoms with Gasteiger partial charge in [-0.3, -0.25) is 4.90 Å². The van der Waals surface area contributed by atoms with Crippen LogP contribution in [0.4, 0.5) is 4.39 Å². The molecular weight excluding hydrogens is 287 g/mol. The van der Waals surface area contributed by atoms with E-state index in [1.807, 2.05) is 6.07 Å². The fourth-order valence-corrected chi connectivity index (χ4v) is 4.03. The molecule has 1 saturated heterocycles. The summed E-state index contributed by atoms with van der Waals surface area (Å²) in [7, 11) is 0. The summed E-state index contributed by atoms with van der Waals surface area (Å²) in [6.07, 6.45) is 0. The maximum absolute atomic E-state index is 14.3. The highest BCUT2D eigenvalue weighted by Gasteiger charge is 2.31. The van der Waals surface area contributed by atoms with Gasteiger partial charge in [0.1, 0.15) is 5.82 Å². The van der Waals surface area contributed by atoms with E-state index in [0.717, 1.165) is 40.2 Å². The zero-order chi connectivity index (χ0) is 15.0. The minimum Gasteiger partial charge on any atom is -0.378 e. The summed E-state index contributed by atoms with van der Waals surface area (Å²) >= 11 is 1.60. The largest absolute Gasteiger partial charge is 0.378 e. The number of hydrogen-bond acceptors (Lipinski definition) is 4. The molecule has 0 aliphatic carbocycles. The first-order chi connectivity index (χ1) is 10.0. The van der Waals surface area contributed by atoms with E-state index < -0.39 is 0 Å². The number of nitrogens with zero attached hydrogens (tertiary/aromatic N) is 1. The van der Waals surface area contributed by atoms with Gasteiger partial charge >= 0.3 is 0 Å². The van der Waals surface area contributed by atoms with Crippen LogP contribution in [0.15, 0.2) is 18.2 Å². The minimum absolute atomic E-state index is 0.0381. The van der Waals surface area contributed by atoms with Crippen molar-refractivity contribution in [2.75, 3.05) is 19.8 Å². The van der Waals surface area contributed by atoms with E-state index in [4.69, 9.17) is 10.5 Å². The molecule has 1 fully saturated rings. The zero-order valence-corrected chi connectivity index (χ0v) is 13.3. The molecule has 0 atom stereocenters. The van der Waals surface area contributed by atoms with Crippen LogP contribution < -0.4 is 5.73 Å². The molecule has 2 heterocycles. The lowest BCUT2D eigenvalue weighted by molar-refractivity contribution is -0.0551. The van der Waals surface area contributed by atoms with Crippen LogP contribution in [0.5, 0.6) is 0 Å². The molecule has 1 aromatic heterocycles. The Morgan fingerprint density at radius 1 is 1.43 bits per heavy atom. The topological polar surface area (TPSA) is 38.5 Å². The van der Waals surface area contributed by atoms with Crippen LogP contribution in [0.1, 0.15) is 24.3 Å². The van der Waals surface area contributed by atoms with Crippen LogP contribution in [-0.2, 0) is 17.8 Å². The third kappa shape index (κ3) is 2.71. The first-order valence-corrected chi connectivity index (χ1v) is 8.06. The lowest BCUT2D eigenvalue weighted by Crippen LogP contribution is -2.52. The van der Waals surface area contributed by atoms with E-state index in [-0.39, 0.29) is 11.4 Å². The molecule has 3 rings (SSSR count). The molecule has 2 N–H and O–H groups in total. The summed E-state index contributed by atoms with van der Waals surface area (Å²) in [6.45, 7) is 7.81. The van der Waals surface area contributed by atoms with Crippen molar-refractivity contribution in [2.24, 2.45) is 5.73 Å². The van der Waals surface area contributed by atoms with Gasteiger partial charge in [-0.2, -0.15) is 0 Å². The monoisotopic (exact) mass is 308 g/mol. The lowest BCUT2D eigenvalue weighted by atomic mass is 10.0. The Morgan fingerprint density at radius 2 is 2.24 bits per heavy atom. The Hall–Kier alpha value is -1.01. The quantitative estimate of drug-likeness (QED) is 0.947. The van der Waals surface area contributed by atoms with Crippen LogP contribution in [0.25, 0.3) is 10.1 Å². The second kappa shape index (κ2) is 5.65. The number of fused-ring (bicyclic) bond motifs is 1. The molecule has 0 bridgehead atoms. The van der Waals surface area contributed by atoms with Crippen molar-refractivity contribution in [3.63, 3.8) is 0 Å². The summed E-state index contributed by atoms with van der Waals surface area (Å²) in [5, 5.41) is 0.741. The van der Waals surface area contributed by atoms with E-state index in [1.165, 1.54) is 6.07 Å². The van der Waals surface area contributed by atoms with Gasteiger partial charge in [0.25, 0.3) is 0 Å². The van der Waals surface area contributed by atoms with Crippen molar-refractivity contribution < 1.29 is 9.13 Å². The van der Waals surface area contributed by atoms with Gasteiger partial charge in [0, 0.05) is 40.1 Å². The van der Waals surface area contributed by atoms with Crippen LogP contribution >= 0.6 is 11.3 Å². The zero-order valence-electron chi connectivity index (χ0n) is 12.5. The number of benzene rings is 1. The standard InChI is InChI=1S/C16H21FN2OS/c1-16(2)10-20-7-6-19(16)9-11-14(8-18)21-13-5-3-4-12(17)15(11)13/h3-5H,6-10,18H2,1-2H3. The van der Waals surface area contributed by atoms with Gasteiger partial charge in [-0.1, -0.05) is 6.07 Å². The fourth-order valence-electron chi connectivity index (χ4n) is 2.92. The third-order valence-electron chi connectivity index (χ3n) is 4.20. The second-order valence-corrected chi connectivity index (χ2v) is 7.24. The molecule has 1 aliphatic rings. The van der Waals surface area contributed by atoms with Crippen molar-refractivity contribution in [2.45, 2.75) is 32.5 Å². The van der Waals surface area contributed by atoms with Gasteiger partial charge in [0.05, 0.1) is 13.2 Å². The predicted molar refractivity (Wildman–Crippen MR) is 85.0 cm³/mol. The highest BCUT2D eigenvalue weighted by molar-refractivity contribution is 7.19. The smallest absolute Gasteiger partial charge is 0.132 e. The van der Waals surface area contributed by atoms with Crippen molar-refractivity contribution in [1.29, 1.82) is 0 Å². The molecule has 0 radical (unpaired) electrons. The summed E-state index contributed by atoms with van der Waals surface area (Å²) in [5.41, 5.74) is 6.89. The summed E-state index contributed by atoms with van der Waals surface area (Å²) in [5.74, 6) is -0.149. The Morgan fingerprint density at radius 3 is 2.95 bits per heavy atom. The molecule has 0 spiro atoms. The Balaban J connectivity index is 2.03. The van der Waals surface area contributed by atoms with Crippen molar-refractivity contribution in [3.8, 4) is 0 Å². The van der Waals surface area contributed by atoms with Crippen LogP contribution in [0.3, 0.4) is 0 Å². The molecule has 1 aliphatic heterocycles. The van der Waals surface area contributed by atoms with Gasteiger partial charge in [0.15, 0.2) is 0 Å². The van der Waals surface area contributed by atoms with Gasteiger partial charge in [-0.25, -0.2) is 4.39 Å². The van der Waals surface area contributed by atoms with Crippen molar-refractivity contribution in [1.82, 2.24) is 4.90 Å². The normalized spacial score (nSPS) is 19.2. The fraction of sp³-hybridized carbons (Fsp3) is 0.500. The van der Waals surface area contributed by atoms with Crippen LogP contribution in [-0.4, -0.2) is 30.2 Å². The number of hydrogen-bond donors (Lipinski definition) is 1. The highest BCUT2D eigenvalue weighted by atomic mass is 32.1. The summed E-state index contributed by atoms with van der Waals surface area (Å²) in [4.78, 5) is 3.45. The Labute approximate surface area is 128 Å².